The molecule has 230 valence electrons. The summed E-state index contributed by atoms with van der Waals surface area (Å²) >= 11 is 6.98. The quantitative estimate of drug-likeness (QED) is 0.272. The van der Waals surface area contributed by atoms with E-state index in [-0.39, 0.29) is 37.3 Å². The van der Waals surface area contributed by atoms with Gasteiger partial charge in [-0.1, -0.05) is 41.9 Å². The fourth-order valence-corrected chi connectivity index (χ4v) is 6.31. The van der Waals surface area contributed by atoms with E-state index in [2.05, 4.69) is 17.3 Å². The van der Waals surface area contributed by atoms with E-state index in [4.69, 9.17) is 26.0 Å². The second kappa shape index (κ2) is 12.3. The molecule has 2 aromatic carbocycles. The molecule has 0 saturated carbocycles. The number of fused-ring (bicyclic) bond motifs is 2. The Balaban J connectivity index is 1.21. The van der Waals surface area contributed by atoms with E-state index in [9.17, 15) is 14.7 Å². The Labute approximate surface area is 261 Å². The van der Waals surface area contributed by atoms with Gasteiger partial charge >= 0.3 is 0 Å². The Morgan fingerprint density at radius 2 is 1.80 bits per heavy atom. The number of carbonyl (C=O) groups excluding carboxylic acids is 2. The number of oxazole rings is 1. The molecule has 0 radical (unpaired) electrons. The number of nitrogens with zero attached hydrogens (tertiary/aromatic N) is 5. The molecule has 4 aromatic rings. The molecule has 6 rings (SSSR count). The van der Waals surface area contributed by atoms with Gasteiger partial charge in [0.25, 0.3) is 0 Å². The van der Waals surface area contributed by atoms with E-state index in [1.807, 2.05) is 61.9 Å². The Hall–Kier alpha value is -3.83. The Morgan fingerprint density at radius 3 is 2.57 bits per heavy atom. The molecule has 1 amide bonds. The third-order valence-corrected chi connectivity index (χ3v) is 9.11. The maximum Gasteiger partial charge on any atom is 0.237 e. The predicted octanol–water partition coefficient (Wildman–Crippen LogP) is 3.93. The van der Waals surface area contributed by atoms with E-state index < -0.39 is 0 Å². The minimum Gasteiger partial charge on any atom is -0.439 e. The minimum absolute atomic E-state index is 0.0321. The van der Waals surface area contributed by atoms with Gasteiger partial charge in [-0.15, -0.1) is 0 Å². The van der Waals surface area contributed by atoms with Gasteiger partial charge in [0, 0.05) is 55.8 Å². The maximum absolute atomic E-state index is 13.4. The van der Waals surface area contributed by atoms with Gasteiger partial charge < -0.3 is 29.2 Å². The number of aromatic nitrogens is 3. The molecular weight excluding hydrogens is 580 g/mol. The summed E-state index contributed by atoms with van der Waals surface area (Å²) < 4.78 is 8.10. The van der Waals surface area contributed by atoms with Crippen molar-refractivity contribution in [1.29, 1.82) is 0 Å². The van der Waals surface area contributed by atoms with Gasteiger partial charge in [0.1, 0.15) is 11.5 Å². The number of benzene rings is 2. The van der Waals surface area contributed by atoms with E-state index in [1.54, 1.807) is 4.90 Å². The van der Waals surface area contributed by atoms with Crippen LogP contribution in [-0.4, -0.2) is 73.9 Å². The minimum atomic E-state index is -0.152. The fraction of sp³-hybridized carbons (Fsp3) is 0.394. The standard InChI is InChI=1S/C33H37ClN6O4/c1-19(18-41)35-14-30(43)40-16-26-29(17-40)44-33(37-26)23-9-6-8-22(20(23)2)24-10-5-7-21(31(24)34)13-28(42)32-36-25-15-38(3)12-11-27(25)39(32)4/h5-10,19,35,41H,11-18H2,1-4H3/t19-/m0/s1. The van der Waals surface area contributed by atoms with Gasteiger partial charge in [-0.3, -0.25) is 9.59 Å². The Morgan fingerprint density at radius 1 is 1.05 bits per heavy atom. The molecule has 2 aromatic heterocycles. The summed E-state index contributed by atoms with van der Waals surface area (Å²) in [6.45, 7) is 6.37. The Kier molecular flexibility index (Phi) is 8.43. The molecule has 0 unspecified atom stereocenters. The topological polar surface area (TPSA) is 117 Å². The molecule has 0 fully saturated rings. The first-order valence-electron chi connectivity index (χ1n) is 14.9. The number of ketones is 1. The first-order valence-corrected chi connectivity index (χ1v) is 15.3. The van der Waals surface area contributed by atoms with E-state index in [0.717, 1.165) is 64.4 Å². The number of amides is 1. The van der Waals surface area contributed by atoms with Crippen molar-refractivity contribution in [3.63, 3.8) is 0 Å². The molecule has 11 heteroatoms. The van der Waals surface area contributed by atoms with E-state index in [0.29, 0.717) is 35.6 Å². The number of aliphatic hydroxyl groups is 1. The van der Waals surface area contributed by atoms with Crippen molar-refractivity contribution < 1.29 is 19.1 Å². The lowest BCUT2D eigenvalue weighted by atomic mass is 9.94. The number of nitrogens with one attached hydrogen (secondary N) is 1. The summed E-state index contributed by atoms with van der Waals surface area (Å²) in [5.74, 6) is 1.52. The highest BCUT2D eigenvalue weighted by Gasteiger charge is 2.30. The fourth-order valence-electron chi connectivity index (χ4n) is 6.01. The predicted molar refractivity (Wildman–Crippen MR) is 167 cm³/mol. The lowest BCUT2D eigenvalue weighted by molar-refractivity contribution is -0.131. The summed E-state index contributed by atoms with van der Waals surface area (Å²) in [4.78, 5) is 39.4. The van der Waals surface area contributed by atoms with Crippen molar-refractivity contribution in [2.45, 2.75) is 52.4 Å². The van der Waals surface area contributed by atoms with Crippen LogP contribution in [0.25, 0.3) is 22.6 Å². The van der Waals surface area contributed by atoms with Gasteiger partial charge in [0.15, 0.2) is 5.82 Å². The van der Waals surface area contributed by atoms with Crippen LogP contribution in [0, 0.1) is 6.92 Å². The lowest BCUT2D eigenvalue weighted by Gasteiger charge is -2.21. The molecule has 0 spiro atoms. The molecule has 1 atom stereocenters. The second-order valence-corrected chi connectivity index (χ2v) is 12.2. The van der Waals surface area contributed by atoms with Crippen LogP contribution >= 0.6 is 11.6 Å². The van der Waals surface area contributed by atoms with Gasteiger partial charge in [0.05, 0.1) is 37.0 Å². The zero-order valence-electron chi connectivity index (χ0n) is 25.5. The molecule has 2 aliphatic rings. The van der Waals surface area contributed by atoms with Crippen LogP contribution in [0.15, 0.2) is 40.8 Å². The SMILES string of the molecule is Cc1c(-c2nc3c(o2)CN(C(=O)CN[C@@H](C)CO)C3)cccc1-c1cccc(CC(=O)c2nc3c(n2C)CCN(C)C3)c1Cl. The summed E-state index contributed by atoms with van der Waals surface area (Å²) in [6.07, 6.45) is 1.03. The number of hydrogen-bond acceptors (Lipinski definition) is 8. The van der Waals surface area contributed by atoms with Crippen molar-refractivity contribution in [3.05, 3.63) is 81.2 Å². The summed E-state index contributed by atoms with van der Waals surface area (Å²) in [7, 11) is 3.98. The van der Waals surface area contributed by atoms with Crippen molar-refractivity contribution >= 4 is 23.3 Å². The van der Waals surface area contributed by atoms with Gasteiger partial charge in [-0.25, -0.2) is 9.97 Å². The van der Waals surface area contributed by atoms with Crippen molar-refractivity contribution in [2.24, 2.45) is 7.05 Å². The van der Waals surface area contributed by atoms with Crippen molar-refractivity contribution in [2.75, 3.05) is 26.7 Å². The highest BCUT2D eigenvalue weighted by atomic mass is 35.5. The van der Waals surface area contributed by atoms with Crippen LogP contribution in [0.3, 0.4) is 0 Å². The lowest BCUT2D eigenvalue weighted by Crippen LogP contribution is -2.39. The number of rotatable bonds is 9. The molecule has 2 aliphatic heterocycles. The number of aliphatic hydroxyl groups excluding tert-OH is 1. The van der Waals surface area contributed by atoms with Crippen molar-refractivity contribution in [1.82, 2.24) is 29.7 Å². The zero-order chi connectivity index (χ0) is 31.1. The van der Waals surface area contributed by atoms with Gasteiger partial charge in [-0.05, 0) is 43.7 Å². The number of hydrogen-bond donors (Lipinski definition) is 2. The van der Waals surface area contributed by atoms with Gasteiger partial charge in [-0.2, -0.15) is 0 Å². The molecule has 0 bridgehead atoms. The van der Waals surface area contributed by atoms with Crippen LogP contribution in [0.2, 0.25) is 5.02 Å². The van der Waals surface area contributed by atoms with Gasteiger partial charge in [0.2, 0.25) is 17.6 Å². The molecule has 0 aliphatic carbocycles. The normalized spacial score (nSPS) is 15.4. The monoisotopic (exact) mass is 616 g/mol. The average molecular weight is 617 g/mol. The third-order valence-electron chi connectivity index (χ3n) is 8.66. The van der Waals surface area contributed by atoms with Crippen LogP contribution in [-0.2, 0) is 44.3 Å². The smallest absolute Gasteiger partial charge is 0.237 e. The van der Waals surface area contributed by atoms with E-state index >= 15 is 0 Å². The first kappa shape index (κ1) is 30.2. The van der Waals surface area contributed by atoms with Crippen molar-refractivity contribution in [3.8, 4) is 22.6 Å². The largest absolute Gasteiger partial charge is 0.439 e. The summed E-state index contributed by atoms with van der Waals surface area (Å²) in [5, 5.41) is 12.7. The third kappa shape index (κ3) is 5.70. The van der Waals surface area contributed by atoms with E-state index in [1.165, 1.54) is 0 Å². The molecule has 10 nitrogen and oxygen atoms in total. The molecule has 2 N–H and O–H groups in total. The number of likely N-dealkylation sites (N-methyl/N-ethyl adjacent to an activating group) is 1. The molecule has 0 saturated heterocycles. The van der Waals surface area contributed by atoms with Crippen LogP contribution in [0.5, 0.6) is 0 Å². The Bertz CT molecular complexity index is 1720. The first-order chi connectivity index (χ1) is 21.1. The molecule has 4 heterocycles. The zero-order valence-corrected chi connectivity index (χ0v) is 26.2. The summed E-state index contributed by atoms with van der Waals surface area (Å²) in [6, 6.07) is 11.5. The van der Waals surface area contributed by atoms with Crippen LogP contribution in [0.4, 0.5) is 0 Å². The van der Waals surface area contributed by atoms with Crippen LogP contribution < -0.4 is 5.32 Å². The maximum atomic E-state index is 13.4. The number of halogens is 1. The molecule has 44 heavy (non-hydrogen) atoms. The second-order valence-electron chi connectivity index (χ2n) is 11.8. The molecular formula is C33H37ClN6O4. The number of imidazole rings is 1. The number of carbonyl (C=O) groups is 2. The summed E-state index contributed by atoms with van der Waals surface area (Å²) in [5.41, 5.74) is 7.14. The average Bonchev–Trinajstić information content (AvgIpc) is 3.69. The highest BCUT2D eigenvalue weighted by molar-refractivity contribution is 6.34. The number of Topliss-reactive ketones (excluding diaryl/α,β-unsaturated/α-hetero) is 1. The highest BCUT2D eigenvalue weighted by Crippen LogP contribution is 2.38. The van der Waals surface area contributed by atoms with Crippen LogP contribution in [0.1, 0.15) is 51.5 Å².